The average molecular weight is 448 g/mol. The summed E-state index contributed by atoms with van der Waals surface area (Å²) in [5, 5.41) is 2.83. The number of anilines is 1. The Labute approximate surface area is 182 Å². The maximum Gasteiger partial charge on any atom is 0.387 e. The Morgan fingerprint density at radius 3 is 2.68 bits per heavy atom. The van der Waals surface area contributed by atoms with Gasteiger partial charge in [0.1, 0.15) is 17.5 Å². The monoisotopic (exact) mass is 448 g/mol. The highest BCUT2D eigenvalue weighted by Crippen LogP contribution is 2.47. The van der Waals surface area contributed by atoms with Crippen molar-refractivity contribution in [1.29, 1.82) is 0 Å². The van der Waals surface area contributed by atoms with Gasteiger partial charge < -0.3 is 19.7 Å². The highest BCUT2D eigenvalue weighted by Gasteiger charge is 2.52. The lowest BCUT2D eigenvalue weighted by Gasteiger charge is -2.29. The van der Waals surface area contributed by atoms with Crippen LogP contribution in [0.3, 0.4) is 0 Å². The van der Waals surface area contributed by atoms with Crippen molar-refractivity contribution in [3.05, 3.63) is 42.5 Å². The summed E-state index contributed by atoms with van der Waals surface area (Å²) < 4.78 is 35.6. The number of thioether (sulfide) groups is 1. The van der Waals surface area contributed by atoms with Crippen LogP contribution >= 0.6 is 11.8 Å². The third kappa shape index (κ3) is 4.19. The number of ether oxygens (including phenoxy) is 2. The molecule has 0 bridgehead atoms. The maximum atomic E-state index is 13.0. The van der Waals surface area contributed by atoms with Gasteiger partial charge in [0.05, 0.1) is 12.0 Å². The van der Waals surface area contributed by atoms with Gasteiger partial charge in [-0.1, -0.05) is 12.1 Å². The molecule has 2 aromatic rings. The number of nitrogens with zero attached hydrogens (tertiary/aromatic N) is 1. The third-order valence-corrected chi connectivity index (χ3v) is 7.12. The number of hydrogen-bond donors (Lipinski definition) is 1. The summed E-state index contributed by atoms with van der Waals surface area (Å²) in [6.07, 6.45) is 1.16. The van der Waals surface area contributed by atoms with Gasteiger partial charge in [0.15, 0.2) is 0 Å². The lowest BCUT2D eigenvalue weighted by molar-refractivity contribution is -0.135. The summed E-state index contributed by atoms with van der Waals surface area (Å²) in [6, 6.07) is 10.8. The Bertz CT molecular complexity index is 1000. The molecule has 0 saturated carbocycles. The van der Waals surface area contributed by atoms with E-state index in [-0.39, 0.29) is 22.4 Å². The van der Waals surface area contributed by atoms with Crippen LogP contribution in [0.1, 0.15) is 19.8 Å². The van der Waals surface area contributed by atoms with Gasteiger partial charge in [0, 0.05) is 23.4 Å². The summed E-state index contributed by atoms with van der Waals surface area (Å²) >= 11 is 1.61. The van der Waals surface area contributed by atoms with Gasteiger partial charge in [-0.2, -0.15) is 8.78 Å². The maximum absolute atomic E-state index is 13.0. The lowest BCUT2D eigenvalue weighted by Crippen LogP contribution is -2.48. The van der Waals surface area contributed by atoms with Gasteiger partial charge in [0.25, 0.3) is 0 Å². The number of carbonyl (C=O) groups is 2. The normalized spacial score (nSPS) is 22.5. The molecule has 31 heavy (non-hydrogen) atoms. The van der Waals surface area contributed by atoms with E-state index in [4.69, 9.17) is 4.74 Å². The molecule has 0 unspecified atom stereocenters. The molecule has 0 spiro atoms. The Hall–Kier alpha value is -2.81. The number of benzene rings is 2. The van der Waals surface area contributed by atoms with Gasteiger partial charge in [-0.05, 0) is 49.2 Å². The number of methoxy groups -OCH3 is 1. The fourth-order valence-electron chi connectivity index (χ4n) is 4.04. The number of halogens is 2. The Morgan fingerprint density at radius 1 is 1.26 bits per heavy atom. The first kappa shape index (κ1) is 21.4. The second-order valence-corrected chi connectivity index (χ2v) is 9.07. The fourth-order valence-corrected chi connectivity index (χ4v) is 5.47. The standard InChI is InChI=1S/C22H22F2N2O4S/c1-22-10-9-19(27)26(22)17(12-31-22)20(28)25-14-5-8-18(30-21(23)24)16(11-14)13-3-6-15(29-2)7-4-13/h3-8,11,17,21H,9-10,12H2,1-2H3,(H,25,28)/t17-,22-/m1/s1. The first-order valence-corrected chi connectivity index (χ1v) is 10.8. The van der Waals surface area contributed by atoms with E-state index < -0.39 is 12.7 Å². The molecule has 2 aliphatic rings. The SMILES string of the molecule is COc1ccc(-c2cc(NC(=O)[C@H]3CS[C@]4(C)CCC(=O)N34)ccc2OC(F)F)cc1. The van der Waals surface area contributed by atoms with Gasteiger partial charge in [-0.15, -0.1) is 11.8 Å². The molecule has 0 aliphatic carbocycles. The summed E-state index contributed by atoms with van der Waals surface area (Å²) in [4.78, 5) is 26.6. The van der Waals surface area contributed by atoms with E-state index >= 15 is 0 Å². The minimum Gasteiger partial charge on any atom is -0.497 e. The van der Waals surface area contributed by atoms with E-state index in [0.29, 0.717) is 34.7 Å². The number of fused-ring (bicyclic) bond motifs is 1. The molecule has 2 atom stereocenters. The van der Waals surface area contributed by atoms with Crippen LogP contribution in [0.5, 0.6) is 11.5 Å². The zero-order valence-electron chi connectivity index (χ0n) is 17.1. The molecule has 1 N–H and O–H groups in total. The first-order chi connectivity index (χ1) is 14.8. The number of hydrogen-bond acceptors (Lipinski definition) is 5. The van der Waals surface area contributed by atoms with E-state index in [1.165, 1.54) is 19.2 Å². The van der Waals surface area contributed by atoms with E-state index in [0.717, 1.165) is 6.42 Å². The smallest absolute Gasteiger partial charge is 0.387 e. The zero-order chi connectivity index (χ0) is 22.2. The lowest BCUT2D eigenvalue weighted by atomic mass is 10.0. The molecule has 2 aromatic carbocycles. The minimum absolute atomic E-state index is 0.00289. The largest absolute Gasteiger partial charge is 0.497 e. The van der Waals surface area contributed by atoms with Crippen molar-refractivity contribution in [3.8, 4) is 22.6 Å². The first-order valence-electron chi connectivity index (χ1n) is 9.81. The molecule has 2 aliphatic heterocycles. The highest BCUT2D eigenvalue weighted by atomic mass is 32.2. The Balaban J connectivity index is 1.60. The van der Waals surface area contributed by atoms with Crippen LogP contribution in [-0.2, 0) is 9.59 Å². The van der Waals surface area contributed by atoms with Crippen molar-refractivity contribution >= 4 is 29.3 Å². The molecule has 0 aromatic heterocycles. The third-order valence-electron chi connectivity index (χ3n) is 5.61. The number of amides is 2. The molecular weight excluding hydrogens is 426 g/mol. The molecular formula is C22H22F2N2O4S. The fraction of sp³-hybridized carbons (Fsp3) is 0.364. The Morgan fingerprint density at radius 2 is 2.00 bits per heavy atom. The molecule has 6 nitrogen and oxygen atoms in total. The van der Waals surface area contributed by atoms with E-state index in [1.807, 2.05) is 6.92 Å². The van der Waals surface area contributed by atoms with Crippen LogP contribution in [0.25, 0.3) is 11.1 Å². The van der Waals surface area contributed by atoms with Crippen LogP contribution < -0.4 is 14.8 Å². The second kappa shape index (κ2) is 8.37. The van der Waals surface area contributed by atoms with Gasteiger partial charge in [-0.25, -0.2) is 0 Å². The minimum atomic E-state index is -2.98. The summed E-state index contributed by atoms with van der Waals surface area (Å²) in [6.45, 7) is -1.000. The van der Waals surface area contributed by atoms with Gasteiger partial charge in [-0.3, -0.25) is 9.59 Å². The van der Waals surface area contributed by atoms with Crippen LogP contribution in [-0.4, -0.2) is 47.1 Å². The highest BCUT2D eigenvalue weighted by molar-refractivity contribution is 8.01. The number of alkyl halides is 2. The molecule has 0 radical (unpaired) electrons. The molecule has 2 fully saturated rings. The summed E-state index contributed by atoms with van der Waals surface area (Å²) in [5.41, 5.74) is 1.47. The van der Waals surface area contributed by atoms with Gasteiger partial charge in [0.2, 0.25) is 11.8 Å². The molecule has 2 heterocycles. The molecule has 164 valence electrons. The quantitative estimate of drug-likeness (QED) is 0.712. The van der Waals surface area contributed by atoms with Crippen molar-refractivity contribution in [2.75, 3.05) is 18.2 Å². The summed E-state index contributed by atoms with van der Waals surface area (Å²) in [5.74, 6) is 0.826. The van der Waals surface area contributed by atoms with Gasteiger partial charge >= 0.3 is 6.61 Å². The molecule has 2 saturated heterocycles. The number of rotatable bonds is 6. The van der Waals surface area contributed by atoms with Crippen molar-refractivity contribution in [2.24, 2.45) is 0 Å². The van der Waals surface area contributed by atoms with Crippen molar-refractivity contribution in [3.63, 3.8) is 0 Å². The number of carbonyl (C=O) groups excluding carboxylic acids is 2. The van der Waals surface area contributed by atoms with E-state index in [9.17, 15) is 18.4 Å². The molecule has 4 rings (SSSR count). The predicted octanol–water partition coefficient (Wildman–Crippen LogP) is 4.36. The van der Waals surface area contributed by atoms with Crippen LogP contribution in [0.15, 0.2) is 42.5 Å². The summed E-state index contributed by atoms with van der Waals surface area (Å²) in [7, 11) is 1.54. The van der Waals surface area contributed by atoms with Crippen LogP contribution in [0.4, 0.5) is 14.5 Å². The van der Waals surface area contributed by atoms with Crippen molar-refractivity contribution in [2.45, 2.75) is 37.3 Å². The van der Waals surface area contributed by atoms with Crippen LogP contribution in [0.2, 0.25) is 0 Å². The molecule has 2 amide bonds. The molecule has 9 heteroatoms. The second-order valence-electron chi connectivity index (χ2n) is 7.57. The van der Waals surface area contributed by atoms with Crippen LogP contribution in [0, 0.1) is 0 Å². The van der Waals surface area contributed by atoms with Crippen molar-refractivity contribution < 1.29 is 27.8 Å². The zero-order valence-corrected chi connectivity index (χ0v) is 17.9. The Kier molecular flexibility index (Phi) is 5.79. The number of nitrogens with one attached hydrogen (secondary N) is 1. The average Bonchev–Trinajstić information content (AvgIpc) is 3.24. The predicted molar refractivity (Wildman–Crippen MR) is 114 cm³/mol. The van der Waals surface area contributed by atoms with E-state index in [2.05, 4.69) is 10.1 Å². The van der Waals surface area contributed by atoms with E-state index in [1.54, 1.807) is 47.0 Å². The van der Waals surface area contributed by atoms with Crippen molar-refractivity contribution in [1.82, 2.24) is 4.90 Å². The topological polar surface area (TPSA) is 67.9 Å².